The molecule has 0 atom stereocenters. The van der Waals surface area contributed by atoms with Gasteiger partial charge < -0.3 is 19.9 Å². The maximum atomic E-state index is 12.9. The first-order valence-electron chi connectivity index (χ1n) is 11.2. The molecule has 0 radical (unpaired) electrons. The van der Waals surface area contributed by atoms with Crippen molar-refractivity contribution in [2.75, 3.05) is 26.7 Å². The summed E-state index contributed by atoms with van der Waals surface area (Å²) >= 11 is 0. The summed E-state index contributed by atoms with van der Waals surface area (Å²) in [5, 5.41) is 4.09. The lowest BCUT2D eigenvalue weighted by Crippen LogP contribution is -2.34. The van der Waals surface area contributed by atoms with Crippen LogP contribution in [0.3, 0.4) is 0 Å². The SMILES string of the molecule is COc1cccc(-c2noc(CCN(CCc3ccccc3)C(=O)CCCCCN)n2)c1. The quantitative estimate of drug-likeness (QED) is 0.409. The maximum Gasteiger partial charge on any atom is 0.228 e. The van der Waals surface area contributed by atoms with Gasteiger partial charge in [0.05, 0.1) is 7.11 Å². The van der Waals surface area contributed by atoms with Crippen LogP contribution in [0.2, 0.25) is 0 Å². The summed E-state index contributed by atoms with van der Waals surface area (Å²) in [6.07, 6.45) is 4.65. The number of aromatic nitrogens is 2. The van der Waals surface area contributed by atoms with Crippen LogP contribution in [0.5, 0.6) is 5.75 Å². The highest BCUT2D eigenvalue weighted by Gasteiger charge is 2.16. The van der Waals surface area contributed by atoms with Crippen molar-refractivity contribution in [1.29, 1.82) is 0 Å². The lowest BCUT2D eigenvalue weighted by atomic mass is 10.1. The van der Waals surface area contributed by atoms with Crippen LogP contribution in [-0.2, 0) is 17.6 Å². The second-order valence-corrected chi connectivity index (χ2v) is 7.71. The van der Waals surface area contributed by atoms with Crippen LogP contribution in [0.25, 0.3) is 11.4 Å². The topological polar surface area (TPSA) is 94.5 Å². The molecule has 0 bridgehead atoms. The number of carbonyl (C=O) groups excluding carboxylic acids is 1. The molecule has 0 saturated carbocycles. The van der Waals surface area contributed by atoms with Crippen molar-refractivity contribution in [1.82, 2.24) is 15.0 Å². The van der Waals surface area contributed by atoms with Crippen molar-refractivity contribution in [3.8, 4) is 17.1 Å². The number of ether oxygens (including phenoxy) is 1. The number of benzene rings is 2. The lowest BCUT2D eigenvalue weighted by molar-refractivity contribution is -0.131. The highest BCUT2D eigenvalue weighted by Crippen LogP contribution is 2.21. The van der Waals surface area contributed by atoms with Gasteiger partial charge in [0.2, 0.25) is 17.6 Å². The Morgan fingerprint density at radius 3 is 2.62 bits per heavy atom. The highest BCUT2D eigenvalue weighted by atomic mass is 16.5. The predicted octanol–water partition coefficient (Wildman–Crippen LogP) is 3.88. The van der Waals surface area contributed by atoms with E-state index in [1.165, 1.54) is 5.56 Å². The van der Waals surface area contributed by atoms with Crippen LogP contribution in [0.15, 0.2) is 59.1 Å². The molecule has 3 aromatic rings. The molecule has 0 unspecified atom stereocenters. The Morgan fingerprint density at radius 2 is 1.84 bits per heavy atom. The van der Waals surface area contributed by atoms with Gasteiger partial charge in [0, 0.05) is 31.5 Å². The molecule has 0 aliphatic heterocycles. The van der Waals surface area contributed by atoms with Gasteiger partial charge in [-0.05, 0) is 43.5 Å². The van der Waals surface area contributed by atoms with E-state index in [0.717, 1.165) is 37.0 Å². The van der Waals surface area contributed by atoms with Crippen molar-refractivity contribution < 1.29 is 14.1 Å². The van der Waals surface area contributed by atoms with Crippen LogP contribution in [0, 0.1) is 0 Å². The number of amides is 1. The van der Waals surface area contributed by atoms with E-state index in [9.17, 15) is 4.79 Å². The first kappa shape index (κ1) is 23.5. The molecule has 0 fully saturated rings. The number of nitrogens with two attached hydrogens (primary N) is 1. The fraction of sp³-hybridized carbons (Fsp3) is 0.400. The molecular formula is C25H32N4O3. The molecule has 32 heavy (non-hydrogen) atoms. The van der Waals surface area contributed by atoms with Gasteiger partial charge in [-0.2, -0.15) is 4.98 Å². The molecule has 0 aliphatic rings. The van der Waals surface area contributed by atoms with E-state index in [-0.39, 0.29) is 5.91 Å². The summed E-state index contributed by atoms with van der Waals surface area (Å²) in [6.45, 7) is 1.87. The molecule has 7 nitrogen and oxygen atoms in total. The van der Waals surface area contributed by atoms with Crippen LogP contribution in [0.1, 0.15) is 37.1 Å². The smallest absolute Gasteiger partial charge is 0.228 e. The molecule has 0 aliphatic carbocycles. The van der Waals surface area contributed by atoms with Crippen LogP contribution in [-0.4, -0.2) is 47.7 Å². The van der Waals surface area contributed by atoms with Gasteiger partial charge in [-0.3, -0.25) is 4.79 Å². The molecule has 1 heterocycles. The van der Waals surface area contributed by atoms with Crippen molar-refractivity contribution >= 4 is 5.91 Å². The number of methoxy groups -OCH3 is 1. The zero-order valence-electron chi connectivity index (χ0n) is 18.7. The molecule has 2 aromatic carbocycles. The normalized spacial score (nSPS) is 10.8. The first-order chi connectivity index (χ1) is 15.7. The monoisotopic (exact) mass is 436 g/mol. The fourth-order valence-electron chi connectivity index (χ4n) is 3.49. The lowest BCUT2D eigenvalue weighted by Gasteiger charge is -2.22. The molecule has 0 spiro atoms. The Morgan fingerprint density at radius 1 is 1.03 bits per heavy atom. The summed E-state index contributed by atoms with van der Waals surface area (Å²) in [6, 6.07) is 17.7. The van der Waals surface area contributed by atoms with Crippen molar-refractivity contribution in [3.63, 3.8) is 0 Å². The largest absolute Gasteiger partial charge is 0.497 e. The summed E-state index contributed by atoms with van der Waals surface area (Å²) in [5.74, 6) is 1.93. The molecule has 2 N–H and O–H groups in total. The Bertz CT molecular complexity index is 959. The summed E-state index contributed by atoms with van der Waals surface area (Å²) in [7, 11) is 1.62. The summed E-state index contributed by atoms with van der Waals surface area (Å²) in [5.41, 5.74) is 7.61. The fourth-order valence-corrected chi connectivity index (χ4v) is 3.49. The average Bonchev–Trinajstić information content (AvgIpc) is 3.31. The van der Waals surface area contributed by atoms with E-state index >= 15 is 0 Å². The van der Waals surface area contributed by atoms with Gasteiger partial charge in [0.1, 0.15) is 5.75 Å². The molecule has 170 valence electrons. The standard InChI is InChI=1S/C25H32N4O3/c1-31-22-12-8-11-21(19-22)25-27-23(32-28-25)15-18-29(24(30)13-6-3-7-16-26)17-14-20-9-4-2-5-10-20/h2,4-5,8-12,19H,3,6-7,13-18,26H2,1H3. The number of nitrogens with zero attached hydrogens (tertiary/aromatic N) is 3. The minimum absolute atomic E-state index is 0.158. The Kier molecular flexibility index (Phi) is 9.25. The summed E-state index contributed by atoms with van der Waals surface area (Å²) < 4.78 is 10.7. The van der Waals surface area contributed by atoms with Gasteiger partial charge in [0.25, 0.3) is 0 Å². The number of carbonyl (C=O) groups is 1. The number of unbranched alkanes of at least 4 members (excludes halogenated alkanes) is 2. The van der Waals surface area contributed by atoms with Crippen LogP contribution < -0.4 is 10.5 Å². The van der Waals surface area contributed by atoms with E-state index in [2.05, 4.69) is 22.3 Å². The van der Waals surface area contributed by atoms with E-state index in [1.807, 2.05) is 47.4 Å². The molecule has 1 aromatic heterocycles. The highest BCUT2D eigenvalue weighted by molar-refractivity contribution is 5.76. The zero-order chi connectivity index (χ0) is 22.6. The number of hydrogen-bond donors (Lipinski definition) is 1. The van der Waals surface area contributed by atoms with E-state index in [0.29, 0.717) is 44.2 Å². The Balaban J connectivity index is 1.60. The Hall–Kier alpha value is -3.19. The third-order valence-corrected chi connectivity index (χ3v) is 5.35. The molecule has 1 amide bonds. The zero-order valence-corrected chi connectivity index (χ0v) is 18.7. The first-order valence-corrected chi connectivity index (χ1v) is 11.2. The van der Waals surface area contributed by atoms with Gasteiger partial charge in [-0.25, -0.2) is 0 Å². The minimum Gasteiger partial charge on any atom is -0.497 e. The van der Waals surface area contributed by atoms with Crippen molar-refractivity contribution in [2.45, 2.75) is 38.5 Å². The summed E-state index contributed by atoms with van der Waals surface area (Å²) in [4.78, 5) is 19.3. The molecule has 0 saturated heterocycles. The van der Waals surface area contributed by atoms with Gasteiger partial charge in [-0.15, -0.1) is 0 Å². The van der Waals surface area contributed by atoms with Crippen LogP contribution >= 0.6 is 0 Å². The van der Waals surface area contributed by atoms with E-state index in [1.54, 1.807) is 7.11 Å². The van der Waals surface area contributed by atoms with E-state index < -0.39 is 0 Å². The number of rotatable bonds is 13. The van der Waals surface area contributed by atoms with Gasteiger partial charge in [-0.1, -0.05) is 54.0 Å². The third-order valence-electron chi connectivity index (χ3n) is 5.35. The molecular weight excluding hydrogens is 404 g/mol. The van der Waals surface area contributed by atoms with Gasteiger partial charge >= 0.3 is 0 Å². The van der Waals surface area contributed by atoms with Crippen LogP contribution in [0.4, 0.5) is 0 Å². The predicted molar refractivity (Wildman–Crippen MR) is 124 cm³/mol. The molecule has 7 heteroatoms. The second-order valence-electron chi connectivity index (χ2n) is 7.71. The van der Waals surface area contributed by atoms with E-state index in [4.69, 9.17) is 15.0 Å². The van der Waals surface area contributed by atoms with Crippen molar-refractivity contribution in [3.05, 3.63) is 66.1 Å². The molecule has 3 rings (SSSR count). The second kappa shape index (κ2) is 12.6. The van der Waals surface area contributed by atoms with Crippen molar-refractivity contribution in [2.24, 2.45) is 5.73 Å². The maximum absolute atomic E-state index is 12.9. The third kappa shape index (κ3) is 7.20. The minimum atomic E-state index is 0.158. The average molecular weight is 437 g/mol. The number of hydrogen-bond acceptors (Lipinski definition) is 6. The van der Waals surface area contributed by atoms with Gasteiger partial charge in [0.15, 0.2) is 0 Å². The Labute approximate surface area is 189 Å².